The number of nitrogens with zero attached hydrogens (tertiary/aromatic N) is 1. The zero-order chi connectivity index (χ0) is 25.3. The highest BCUT2D eigenvalue weighted by atomic mass is 14.9. The second kappa shape index (κ2) is 16.5. The van der Waals surface area contributed by atoms with Gasteiger partial charge in [-0.2, -0.15) is 0 Å². The number of anilines is 1. The number of rotatable bonds is 8. The first-order chi connectivity index (χ1) is 16.4. The van der Waals surface area contributed by atoms with E-state index in [0.29, 0.717) is 0 Å². The molecule has 0 amide bonds. The number of unbranched alkanes of at least 4 members (excludes halogenated alkanes) is 1. The third-order valence-electron chi connectivity index (χ3n) is 4.94. The molecule has 1 N–H and O–H groups in total. The van der Waals surface area contributed by atoms with Gasteiger partial charge in [0.2, 0.25) is 0 Å². The van der Waals surface area contributed by atoms with Gasteiger partial charge in [-0.25, -0.2) is 0 Å². The normalized spacial score (nSPS) is 9.71. The summed E-state index contributed by atoms with van der Waals surface area (Å²) in [4.78, 5) is 4.49. The predicted molar refractivity (Wildman–Crippen MR) is 154 cm³/mol. The van der Waals surface area contributed by atoms with Crippen LogP contribution >= 0.6 is 0 Å². The molecule has 0 spiro atoms. The molecular formula is C32H44N2. The van der Waals surface area contributed by atoms with E-state index >= 15 is 0 Å². The van der Waals surface area contributed by atoms with Crippen LogP contribution in [0.25, 0.3) is 22.5 Å². The average Bonchev–Trinajstić information content (AvgIpc) is 2.84. The summed E-state index contributed by atoms with van der Waals surface area (Å²) in [7, 11) is 0. The van der Waals surface area contributed by atoms with Crippen LogP contribution in [0.3, 0.4) is 0 Å². The van der Waals surface area contributed by atoms with Gasteiger partial charge in [0.25, 0.3) is 0 Å². The van der Waals surface area contributed by atoms with E-state index in [0.717, 1.165) is 34.6 Å². The van der Waals surface area contributed by atoms with Crippen molar-refractivity contribution in [1.82, 2.24) is 4.98 Å². The van der Waals surface area contributed by atoms with Crippen LogP contribution in [-0.2, 0) is 0 Å². The Morgan fingerprint density at radius 3 is 1.88 bits per heavy atom. The lowest BCUT2D eigenvalue weighted by Gasteiger charge is -2.12. The highest BCUT2D eigenvalue weighted by Gasteiger charge is 2.05. The van der Waals surface area contributed by atoms with Crippen molar-refractivity contribution in [3.63, 3.8) is 0 Å². The molecule has 2 heteroatoms. The SMILES string of the molecule is C=C(CCCC)c1ccc(NC(=C)c2ccc(-c3ncccc3C)cc2)cc1.CCC.CCC. The van der Waals surface area contributed by atoms with Gasteiger partial charge in [-0.3, -0.25) is 4.98 Å². The molecule has 0 saturated heterocycles. The Hall–Kier alpha value is -3.13. The number of aryl methyl sites for hydroxylation is 1. The Balaban J connectivity index is 0.000000872. The quantitative estimate of drug-likeness (QED) is 0.364. The lowest BCUT2D eigenvalue weighted by atomic mass is 10.0. The molecule has 0 aliphatic carbocycles. The van der Waals surface area contributed by atoms with Crippen molar-refractivity contribution in [2.24, 2.45) is 0 Å². The molecule has 0 aliphatic heterocycles. The van der Waals surface area contributed by atoms with Crippen LogP contribution in [0, 0.1) is 6.92 Å². The minimum absolute atomic E-state index is 0.877. The van der Waals surface area contributed by atoms with Crippen LogP contribution in [0.15, 0.2) is 80.0 Å². The number of hydrogen-bond donors (Lipinski definition) is 1. The second-order valence-corrected chi connectivity index (χ2v) is 8.55. The maximum Gasteiger partial charge on any atom is 0.0731 e. The molecule has 2 aromatic carbocycles. The maximum atomic E-state index is 4.49. The fraction of sp³-hybridized carbons (Fsp3) is 0.344. The Labute approximate surface area is 208 Å². The summed E-state index contributed by atoms with van der Waals surface area (Å²) in [6, 6.07) is 20.8. The number of pyridine rings is 1. The number of allylic oxidation sites excluding steroid dienone is 1. The van der Waals surface area contributed by atoms with E-state index in [1.165, 1.54) is 42.4 Å². The first kappa shape index (κ1) is 28.9. The molecule has 0 bridgehead atoms. The van der Waals surface area contributed by atoms with Crippen molar-refractivity contribution in [3.8, 4) is 11.3 Å². The van der Waals surface area contributed by atoms with Gasteiger partial charge in [0.1, 0.15) is 0 Å². The van der Waals surface area contributed by atoms with Crippen LogP contribution in [-0.4, -0.2) is 4.98 Å². The topological polar surface area (TPSA) is 24.9 Å². The molecular weight excluding hydrogens is 412 g/mol. The van der Waals surface area contributed by atoms with Crippen molar-refractivity contribution >= 4 is 17.0 Å². The van der Waals surface area contributed by atoms with Crippen LogP contribution in [0.2, 0.25) is 0 Å². The lowest BCUT2D eigenvalue weighted by Crippen LogP contribution is -1.98. The number of hydrogen-bond acceptors (Lipinski definition) is 2. The van der Waals surface area contributed by atoms with Crippen molar-refractivity contribution < 1.29 is 0 Å². The molecule has 0 fully saturated rings. The fourth-order valence-electron chi connectivity index (χ4n) is 3.19. The van der Waals surface area contributed by atoms with Gasteiger partial charge in [0.15, 0.2) is 0 Å². The molecule has 1 heterocycles. The van der Waals surface area contributed by atoms with Gasteiger partial charge in [0, 0.05) is 23.1 Å². The van der Waals surface area contributed by atoms with Gasteiger partial charge in [-0.1, -0.05) is 110 Å². The monoisotopic (exact) mass is 456 g/mol. The van der Waals surface area contributed by atoms with Gasteiger partial charge >= 0.3 is 0 Å². The van der Waals surface area contributed by atoms with Gasteiger partial charge in [0.05, 0.1) is 5.69 Å². The van der Waals surface area contributed by atoms with Crippen molar-refractivity contribution in [1.29, 1.82) is 0 Å². The average molecular weight is 457 g/mol. The van der Waals surface area contributed by atoms with E-state index in [9.17, 15) is 0 Å². The van der Waals surface area contributed by atoms with Crippen LogP contribution < -0.4 is 5.32 Å². The molecule has 0 atom stereocenters. The molecule has 1 aromatic heterocycles. The van der Waals surface area contributed by atoms with Gasteiger partial charge < -0.3 is 5.32 Å². The van der Waals surface area contributed by atoms with Crippen molar-refractivity contribution in [3.05, 3.63) is 96.7 Å². The minimum Gasteiger partial charge on any atom is -0.356 e. The standard InChI is InChI=1S/C26H28N2.2C3H8/c1-5-6-8-19(2)22-14-16-25(17-15-22)28-21(4)23-10-12-24(13-11-23)26-20(3)9-7-18-27-26;2*1-3-2/h7,9-18,28H,2,4-6,8H2,1,3H3;2*3H2,1-2H3. The van der Waals surface area contributed by atoms with Crippen LogP contribution in [0.4, 0.5) is 5.69 Å². The molecule has 0 aliphatic rings. The van der Waals surface area contributed by atoms with Crippen LogP contribution in [0.1, 0.15) is 83.4 Å². The highest BCUT2D eigenvalue weighted by Crippen LogP contribution is 2.25. The zero-order valence-corrected chi connectivity index (χ0v) is 22.2. The van der Waals surface area contributed by atoms with E-state index in [-0.39, 0.29) is 0 Å². The van der Waals surface area contributed by atoms with E-state index in [2.05, 4.69) is 120 Å². The lowest BCUT2D eigenvalue weighted by molar-refractivity contribution is 0.825. The fourth-order valence-corrected chi connectivity index (χ4v) is 3.19. The molecule has 0 unspecified atom stereocenters. The minimum atomic E-state index is 0.877. The van der Waals surface area contributed by atoms with Gasteiger partial charge in [-0.05, 0) is 60.2 Å². The van der Waals surface area contributed by atoms with E-state index in [1.807, 2.05) is 12.3 Å². The van der Waals surface area contributed by atoms with E-state index in [4.69, 9.17) is 0 Å². The molecule has 3 rings (SSSR count). The van der Waals surface area contributed by atoms with E-state index < -0.39 is 0 Å². The van der Waals surface area contributed by atoms with Crippen molar-refractivity contribution in [2.75, 3.05) is 5.32 Å². The molecule has 182 valence electrons. The zero-order valence-electron chi connectivity index (χ0n) is 22.2. The second-order valence-electron chi connectivity index (χ2n) is 8.55. The summed E-state index contributed by atoms with van der Waals surface area (Å²) in [5.74, 6) is 0. The third kappa shape index (κ3) is 9.79. The smallest absolute Gasteiger partial charge is 0.0731 e. The Kier molecular flexibility index (Phi) is 14.0. The summed E-state index contributed by atoms with van der Waals surface area (Å²) in [6.45, 7) is 21.2. The summed E-state index contributed by atoms with van der Waals surface area (Å²) in [5, 5.41) is 3.40. The summed E-state index contributed by atoms with van der Waals surface area (Å²) < 4.78 is 0. The predicted octanol–water partition coefficient (Wildman–Crippen LogP) is 10.2. The summed E-state index contributed by atoms with van der Waals surface area (Å²) in [5.41, 5.74) is 8.69. The highest BCUT2D eigenvalue weighted by molar-refractivity contribution is 5.77. The largest absolute Gasteiger partial charge is 0.356 e. The third-order valence-corrected chi connectivity index (χ3v) is 4.94. The number of nitrogens with one attached hydrogen (secondary N) is 1. The first-order valence-corrected chi connectivity index (χ1v) is 12.7. The maximum absolute atomic E-state index is 4.49. The molecule has 0 saturated carbocycles. The number of benzene rings is 2. The molecule has 2 nitrogen and oxygen atoms in total. The Bertz CT molecular complexity index is 980. The van der Waals surface area contributed by atoms with Crippen LogP contribution in [0.5, 0.6) is 0 Å². The summed E-state index contributed by atoms with van der Waals surface area (Å²) >= 11 is 0. The molecule has 0 radical (unpaired) electrons. The molecule has 34 heavy (non-hydrogen) atoms. The summed E-state index contributed by atoms with van der Waals surface area (Å²) in [6.07, 6.45) is 7.76. The Morgan fingerprint density at radius 1 is 0.794 bits per heavy atom. The first-order valence-electron chi connectivity index (χ1n) is 12.7. The molecule has 3 aromatic rings. The van der Waals surface area contributed by atoms with Crippen molar-refractivity contribution in [2.45, 2.75) is 73.6 Å². The number of aromatic nitrogens is 1. The van der Waals surface area contributed by atoms with Gasteiger partial charge in [-0.15, -0.1) is 0 Å². The van der Waals surface area contributed by atoms with E-state index in [1.54, 1.807) is 0 Å². The Morgan fingerprint density at radius 2 is 1.35 bits per heavy atom.